The van der Waals surface area contributed by atoms with Gasteiger partial charge in [0.2, 0.25) is 5.88 Å². The zero-order valence-electron chi connectivity index (χ0n) is 15.0. The van der Waals surface area contributed by atoms with Gasteiger partial charge in [-0.3, -0.25) is 10.4 Å². The van der Waals surface area contributed by atoms with Crippen LogP contribution in [0, 0.1) is 0 Å². The Hall–Kier alpha value is -3.46. The van der Waals surface area contributed by atoms with E-state index in [2.05, 4.69) is 30.8 Å². The smallest absolute Gasteiger partial charge is 0.320 e. The number of rotatable bonds is 6. The molecule has 0 aliphatic carbocycles. The van der Waals surface area contributed by atoms with Crippen molar-refractivity contribution >= 4 is 34.1 Å². The summed E-state index contributed by atoms with van der Waals surface area (Å²) in [6.45, 7) is 2.26. The standard InChI is InChI=1S/C19H18N6O2S/c1-12(13-5-3-2-4-6-13)22-19(26)23-17-7-16-15(8-20-17)18(25-24-16)27-9-14-10-28-11-21-14/h2-8,10-12H,9H2,1H3,(H,24,25)(H2,20,22,23,26)/t12-/m1/s1. The van der Waals surface area contributed by atoms with Gasteiger partial charge in [0, 0.05) is 17.6 Å². The van der Waals surface area contributed by atoms with Crippen molar-refractivity contribution < 1.29 is 9.53 Å². The lowest BCUT2D eigenvalue weighted by molar-refractivity contribution is 0.249. The number of aromatic amines is 1. The summed E-state index contributed by atoms with van der Waals surface area (Å²) in [5.74, 6) is 0.865. The number of nitrogens with one attached hydrogen (secondary N) is 3. The third-order valence-electron chi connectivity index (χ3n) is 4.14. The van der Waals surface area contributed by atoms with E-state index < -0.39 is 0 Å². The number of H-pyrrole nitrogens is 1. The molecular weight excluding hydrogens is 376 g/mol. The molecule has 142 valence electrons. The molecule has 3 aromatic heterocycles. The molecule has 0 radical (unpaired) electrons. The number of nitrogens with zero attached hydrogens (tertiary/aromatic N) is 3. The minimum atomic E-state index is -0.331. The number of carbonyl (C=O) groups excluding carboxylic acids is 1. The van der Waals surface area contributed by atoms with E-state index in [1.54, 1.807) is 17.8 Å². The van der Waals surface area contributed by atoms with Crippen molar-refractivity contribution in [3.8, 4) is 5.88 Å². The molecule has 3 heterocycles. The van der Waals surface area contributed by atoms with E-state index in [1.165, 1.54) is 11.3 Å². The van der Waals surface area contributed by atoms with E-state index in [0.717, 1.165) is 22.2 Å². The van der Waals surface area contributed by atoms with Gasteiger partial charge in [-0.15, -0.1) is 16.4 Å². The number of fused-ring (bicyclic) bond motifs is 1. The van der Waals surface area contributed by atoms with Gasteiger partial charge in [0.15, 0.2) is 0 Å². The third-order valence-corrected chi connectivity index (χ3v) is 4.78. The van der Waals surface area contributed by atoms with Crippen LogP contribution in [0.5, 0.6) is 5.88 Å². The average Bonchev–Trinajstić information content (AvgIpc) is 3.36. The number of carbonyl (C=O) groups is 1. The first-order valence-electron chi connectivity index (χ1n) is 8.65. The second kappa shape index (κ2) is 8.05. The fraction of sp³-hybridized carbons (Fsp3) is 0.158. The predicted octanol–water partition coefficient (Wildman–Crippen LogP) is 3.88. The van der Waals surface area contributed by atoms with E-state index in [9.17, 15) is 4.79 Å². The number of benzene rings is 1. The summed E-state index contributed by atoms with van der Waals surface area (Å²) in [4.78, 5) is 20.7. The first kappa shape index (κ1) is 17.9. The highest BCUT2D eigenvalue weighted by Gasteiger charge is 2.12. The minimum Gasteiger partial charge on any atom is -0.470 e. The molecule has 0 bridgehead atoms. The van der Waals surface area contributed by atoms with Crippen LogP contribution < -0.4 is 15.4 Å². The maximum atomic E-state index is 12.3. The van der Waals surface area contributed by atoms with Crippen molar-refractivity contribution in [3.05, 3.63) is 64.7 Å². The molecule has 0 aliphatic heterocycles. The van der Waals surface area contributed by atoms with Crippen LogP contribution in [0.4, 0.5) is 10.6 Å². The summed E-state index contributed by atoms with van der Waals surface area (Å²) in [5, 5.41) is 15.3. The molecule has 0 fully saturated rings. The summed E-state index contributed by atoms with van der Waals surface area (Å²) in [6.07, 6.45) is 1.62. The lowest BCUT2D eigenvalue weighted by atomic mass is 10.1. The number of urea groups is 1. The molecule has 0 unspecified atom stereocenters. The Labute approximate surface area is 165 Å². The number of anilines is 1. The van der Waals surface area contributed by atoms with Crippen LogP contribution in [-0.2, 0) is 6.61 Å². The topological polar surface area (TPSA) is 105 Å². The van der Waals surface area contributed by atoms with Crippen LogP contribution in [0.25, 0.3) is 10.9 Å². The lowest BCUT2D eigenvalue weighted by Gasteiger charge is -2.14. The molecule has 4 aromatic rings. The second-order valence-electron chi connectivity index (χ2n) is 6.14. The molecule has 1 atom stereocenters. The fourth-order valence-electron chi connectivity index (χ4n) is 2.69. The zero-order valence-corrected chi connectivity index (χ0v) is 15.9. The highest BCUT2D eigenvalue weighted by Crippen LogP contribution is 2.24. The summed E-state index contributed by atoms with van der Waals surface area (Å²) in [5.41, 5.74) is 4.34. The molecule has 8 nitrogen and oxygen atoms in total. The highest BCUT2D eigenvalue weighted by molar-refractivity contribution is 7.07. The van der Waals surface area contributed by atoms with E-state index in [1.807, 2.05) is 42.6 Å². The van der Waals surface area contributed by atoms with E-state index >= 15 is 0 Å². The molecule has 2 amide bonds. The number of ether oxygens (including phenoxy) is 1. The zero-order chi connectivity index (χ0) is 19.3. The maximum Gasteiger partial charge on any atom is 0.320 e. The fourth-order valence-corrected chi connectivity index (χ4v) is 3.24. The number of aromatic nitrogens is 4. The predicted molar refractivity (Wildman–Crippen MR) is 107 cm³/mol. The molecule has 0 aliphatic rings. The van der Waals surface area contributed by atoms with Gasteiger partial charge in [-0.2, -0.15) is 0 Å². The van der Waals surface area contributed by atoms with Crippen LogP contribution >= 0.6 is 11.3 Å². The molecule has 9 heteroatoms. The Morgan fingerprint density at radius 2 is 2.14 bits per heavy atom. The average molecular weight is 394 g/mol. The normalized spacial score (nSPS) is 11.9. The molecule has 4 rings (SSSR count). The summed E-state index contributed by atoms with van der Waals surface area (Å²) in [7, 11) is 0. The van der Waals surface area contributed by atoms with Gasteiger partial charge in [0.05, 0.1) is 28.1 Å². The first-order chi connectivity index (χ1) is 13.7. The van der Waals surface area contributed by atoms with Crippen molar-refractivity contribution in [2.75, 3.05) is 5.32 Å². The lowest BCUT2D eigenvalue weighted by Crippen LogP contribution is -2.31. The van der Waals surface area contributed by atoms with Crippen LogP contribution in [-0.4, -0.2) is 26.2 Å². The Morgan fingerprint density at radius 1 is 1.29 bits per heavy atom. The molecular formula is C19H18N6O2S. The van der Waals surface area contributed by atoms with E-state index in [-0.39, 0.29) is 12.1 Å². The van der Waals surface area contributed by atoms with Gasteiger partial charge in [-0.25, -0.2) is 14.8 Å². The Kier molecular flexibility index (Phi) is 5.16. The van der Waals surface area contributed by atoms with Gasteiger partial charge >= 0.3 is 6.03 Å². The number of hydrogen-bond acceptors (Lipinski definition) is 6. The number of amides is 2. The van der Waals surface area contributed by atoms with Crippen molar-refractivity contribution in [3.63, 3.8) is 0 Å². The second-order valence-corrected chi connectivity index (χ2v) is 6.86. The maximum absolute atomic E-state index is 12.3. The summed E-state index contributed by atoms with van der Waals surface area (Å²) < 4.78 is 5.69. The van der Waals surface area contributed by atoms with Crippen LogP contribution in [0.2, 0.25) is 0 Å². The Bertz CT molecular complexity index is 1060. The van der Waals surface area contributed by atoms with Crippen molar-refractivity contribution in [1.82, 2.24) is 25.5 Å². The summed E-state index contributed by atoms with van der Waals surface area (Å²) in [6, 6.07) is 11.0. The van der Waals surface area contributed by atoms with Crippen molar-refractivity contribution in [1.29, 1.82) is 0 Å². The van der Waals surface area contributed by atoms with Gasteiger partial charge < -0.3 is 10.1 Å². The van der Waals surface area contributed by atoms with Gasteiger partial charge in [-0.1, -0.05) is 30.3 Å². The number of pyridine rings is 1. The molecule has 28 heavy (non-hydrogen) atoms. The molecule has 3 N–H and O–H groups in total. The van der Waals surface area contributed by atoms with Crippen molar-refractivity contribution in [2.45, 2.75) is 19.6 Å². The van der Waals surface area contributed by atoms with Gasteiger partial charge in [0.25, 0.3) is 0 Å². The largest absolute Gasteiger partial charge is 0.470 e. The minimum absolute atomic E-state index is 0.122. The van der Waals surface area contributed by atoms with E-state index in [0.29, 0.717) is 18.3 Å². The number of thiazole rings is 1. The monoisotopic (exact) mass is 394 g/mol. The van der Waals surface area contributed by atoms with Gasteiger partial charge in [0.1, 0.15) is 12.4 Å². The van der Waals surface area contributed by atoms with E-state index in [4.69, 9.17) is 4.74 Å². The van der Waals surface area contributed by atoms with Crippen LogP contribution in [0.1, 0.15) is 24.2 Å². The van der Waals surface area contributed by atoms with Crippen LogP contribution in [0.15, 0.2) is 53.5 Å². The first-order valence-corrected chi connectivity index (χ1v) is 9.60. The Balaban J connectivity index is 1.40. The van der Waals surface area contributed by atoms with Crippen molar-refractivity contribution in [2.24, 2.45) is 0 Å². The molecule has 1 aromatic carbocycles. The number of hydrogen-bond donors (Lipinski definition) is 3. The SMILES string of the molecule is C[C@@H](NC(=O)Nc1cc2[nH]nc(OCc3cscn3)c2cn1)c1ccccc1. The molecule has 0 saturated carbocycles. The molecule has 0 saturated heterocycles. The van der Waals surface area contributed by atoms with Gasteiger partial charge in [-0.05, 0) is 12.5 Å². The molecule has 0 spiro atoms. The van der Waals surface area contributed by atoms with Crippen LogP contribution in [0.3, 0.4) is 0 Å². The summed E-state index contributed by atoms with van der Waals surface area (Å²) >= 11 is 1.51. The third kappa shape index (κ3) is 4.09. The highest BCUT2D eigenvalue weighted by atomic mass is 32.1. The Morgan fingerprint density at radius 3 is 2.93 bits per heavy atom. The quantitative estimate of drug-likeness (QED) is 0.460.